The highest BCUT2D eigenvalue weighted by atomic mass is 32.3. The molecule has 0 amide bonds. The number of halogens is 1. The minimum atomic E-state index is -4.60. The van der Waals surface area contributed by atoms with E-state index in [1.54, 1.807) is 6.08 Å². The minimum absolute atomic E-state index is 0.0581. The Bertz CT molecular complexity index is 656. The van der Waals surface area contributed by atoms with Crippen molar-refractivity contribution in [3.05, 3.63) is 29.8 Å². The monoisotopic (exact) mass is 299 g/mol. The number of nitrogens with zero attached hydrogens (tertiary/aromatic N) is 1. The summed E-state index contributed by atoms with van der Waals surface area (Å²) >= 11 is 0. The molecule has 0 atom stereocenters. The van der Waals surface area contributed by atoms with E-state index in [1.165, 1.54) is 0 Å². The molecular formula is C13H14FNO4S. The van der Waals surface area contributed by atoms with Crippen molar-refractivity contribution in [1.82, 2.24) is 4.31 Å². The van der Waals surface area contributed by atoms with E-state index in [0.29, 0.717) is 31.1 Å². The van der Waals surface area contributed by atoms with Gasteiger partial charge in [-0.25, -0.2) is 0 Å². The standard InChI is InChI=1S/C13H14FNO4S/c14-20(16,17)15-5-3-10(4-6-15)11-1-2-12-13(9-11)19-8-7-18-12/h1-3,9H,4-8H2. The lowest BCUT2D eigenvalue weighted by molar-refractivity contribution is 0.171. The summed E-state index contributed by atoms with van der Waals surface area (Å²) in [6.07, 6.45) is 2.20. The van der Waals surface area contributed by atoms with Crippen LogP contribution < -0.4 is 9.47 Å². The summed E-state index contributed by atoms with van der Waals surface area (Å²) in [6.45, 7) is 1.27. The van der Waals surface area contributed by atoms with Gasteiger partial charge in [-0.05, 0) is 29.7 Å². The molecule has 3 rings (SSSR count). The Morgan fingerprint density at radius 3 is 2.55 bits per heavy atom. The molecule has 0 spiro atoms. The lowest BCUT2D eigenvalue weighted by Crippen LogP contribution is -2.31. The summed E-state index contributed by atoms with van der Waals surface area (Å²) in [6, 6.07) is 5.61. The van der Waals surface area contributed by atoms with Gasteiger partial charge < -0.3 is 9.47 Å². The molecule has 0 aromatic heterocycles. The fourth-order valence-electron chi connectivity index (χ4n) is 2.35. The van der Waals surface area contributed by atoms with Gasteiger partial charge in [0.15, 0.2) is 11.5 Å². The summed E-state index contributed by atoms with van der Waals surface area (Å²) in [4.78, 5) is 0. The Kier molecular flexibility index (Phi) is 3.39. The predicted octanol–water partition coefficient (Wildman–Crippen LogP) is 1.76. The number of benzene rings is 1. The Balaban J connectivity index is 1.82. The third-order valence-electron chi connectivity index (χ3n) is 3.39. The molecule has 2 aliphatic heterocycles. The second-order valence-electron chi connectivity index (χ2n) is 4.64. The van der Waals surface area contributed by atoms with Gasteiger partial charge in [0.05, 0.1) is 0 Å². The molecule has 2 aliphatic rings. The summed E-state index contributed by atoms with van der Waals surface area (Å²) in [5.74, 6) is 1.40. The normalized spacial score (nSPS) is 19.6. The molecule has 1 aromatic rings. The van der Waals surface area contributed by atoms with Crippen LogP contribution >= 0.6 is 0 Å². The van der Waals surface area contributed by atoms with Gasteiger partial charge in [0.1, 0.15) is 13.2 Å². The van der Waals surface area contributed by atoms with E-state index in [2.05, 4.69) is 0 Å². The largest absolute Gasteiger partial charge is 0.486 e. The highest BCUT2D eigenvalue weighted by Crippen LogP contribution is 2.34. The van der Waals surface area contributed by atoms with Crippen LogP contribution in [-0.4, -0.2) is 39.0 Å². The molecule has 108 valence electrons. The third-order valence-corrected chi connectivity index (χ3v) is 4.34. The zero-order chi connectivity index (χ0) is 14.2. The van der Waals surface area contributed by atoms with Crippen molar-refractivity contribution in [2.45, 2.75) is 6.42 Å². The predicted molar refractivity (Wildman–Crippen MR) is 71.6 cm³/mol. The lowest BCUT2D eigenvalue weighted by atomic mass is 10.00. The Morgan fingerprint density at radius 1 is 1.15 bits per heavy atom. The molecule has 20 heavy (non-hydrogen) atoms. The van der Waals surface area contributed by atoms with Crippen molar-refractivity contribution < 1.29 is 21.8 Å². The molecule has 0 saturated heterocycles. The molecule has 7 heteroatoms. The van der Waals surface area contributed by atoms with E-state index >= 15 is 0 Å². The fraction of sp³-hybridized carbons (Fsp3) is 0.385. The summed E-state index contributed by atoms with van der Waals surface area (Å²) in [5, 5.41) is 0. The van der Waals surface area contributed by atoms with Crippen LogP contribution in [-0.2, 0) is 10.4 Å². The SMILES string of the molecule is O=S(=O)(F)N1CC=C(c2ccc3c(c2)OCCO3)CC1. The molecule has 0 saturated carbocycles. The van der Waals surface area contributed by atoms with Gasteiger partial charge in [0.2, 0.25) is 0 Å². The van der Waals surface area contributed by atoms with Crippen LogP contribution in [0.2, 0.25) is 0 Å². The second kappa shape index (κ2) is 5.06. The van der Waals surface area contributed by atoms with Crippen LogP contribution in [0.15, 0.2) is 24.3 Å². The van der Waals surface area contributed by atoms with Crippen molar-refractivity contribution in [2.24, 2.45) is 0 Å². The third kappa shape index (κ3) is 2.64. The number of rotatable bonds is 2. The van der Waals surface area contributed by atoms with E-state index in [-0.39, 0.29) is 13.1 Å². The summed E-state index contributed by atoms with van der Waals surface area (Å²) in [7, 11) is -4.60. The molecule has 0 radical (unpaired) electrons. The fourth-order valence-corrected chi connectivity index (χ4v) is 2.92. The molecule has 0 fully saturated rings. The number of ether oxygens (including phenoxy) is 2. The van der Waals surface area contributed by atoms with Crippen LogP contribution in [0.5, 0.6) is 11.5 Å². The Morgan fingerprint density at radius 2 is 1.90 bits per heavy atom. The van der Waals surface area contributed by atoms with Gasteiger partial charge in [-0.1, -0.05) is 16.0 Å². The number of hydrogen-bond donors (Lipinski definition) is 0. The highest BCUT2D eigenvalue weighted by Gasteiger charge is 2.24. The highest BCUT2D eigenvalue weighted by molar-refractivity contribution is 7.83. The maximum Gasteiger partial charge on any atom is 0.375 e. The minimum Gasteiger partial charge on any atom is -0.486 e. The quantitative estimate of drug-likeness (QED) is 0.781. The zero-order valence-corrected chi connectivity index (χ0v) is 11.5. The zero-order valence-electron chi connectivity index (χ0n) is 10.7. The van der Waals surface area contributed by atoms with Crippen LogP contribution in [0.1, 0.15) is 12.0 Å². The molecule has 2 heterocycles. The Hall–Kier alpha value is -1.60. The van der Waals surface area contributed by atoms with Crippen molar-refractivity contribution in [3.8, 4) is 11.5 Å². The lowest BCUT2D eigenvalue weighted by Gasteiger charge is -2.23. The maximum atomic E-state index is 12.9. The van der Waals surface area contributed by atoms with E-state index < -0.39 is 10.4 Å². The average molecular weight is 299 g/mol. The molecule has 0 N–H and O–H groups in total. The Labute approximate surface area is 116 Å². The van der Waals surface area contributed by atoms with Crippen molar-refractivity contribution in [2.75, 3.05) is 26.3 Å². The van der Waals surface area contributed by atoms with Gasteiger partial charge in [0.25, 0.3) is 0 Å². The van der Waals surface area contributed by atoms with Gasteiger partial charge in [-0.15, -0.1) is 0 Å². The van der Waals surface area contributed by atoms with E-state index in [0.717, 1.165) is 15.4 Å². The second-order valence-corrected chi connectivity index (χ2v) is 5.98. The molecule has 0 bridgehead atoms. The topological polar surface area (TPSA) is 55.8 Å². The first-order valence-corrected chi connectivity index (χ1v) is 7.67. The summed E-state index contributed by atoms with van der Waals surface area (Å²) < 4.78 is 46.3. The first-order valence-electron chi connectivity index (χ1n) is 6.33. The van der Waals surface area contributed by atoms with Crippen LogP contribution in [0.3, 0.4) is 0 Å². The number of hydrogen-bond acceptors (Lipinski definition) is 4. The van der Waals surface area contributed by atoms with Crippen molar-refractivity contribution >= 4 is 16.0 Å². The summed E-state index contributed by atoms with van der Waals surface area (Å²) in [5.41, 5.74) is 1.94. The van der Waals surface area contributed by atoms with Gasteiger partial charge in [0, 0.05) is 13.1 Å². The van der Waals surface area contributed by atoms with Crippen molar-refractivity contribution in [1.29, 1.82) is 0 Å². The molecular weight excluding hydrogens is 285 g/mol. The molecule has 5 nitrogen and oxygen atoms in total. The van der Waals surface area contributed by atoms with Crippen LogP contribution in [0, 0.1) is 0 Å². The first kappa shape index (κ1) is 13.4. The molecule has 0 aliphatic carbocycles. The smallest absolute Gasteiger partial charge is 0.375 e. The van der Waals surface area contributed by atoms with Crippen LogP contribution in [0.25, 0.3) is 5.57 Å². The van der Waals surface area contributed by atoms with E-state index in [1.807, 2.05) is 18.2 Å². The number of fused-ring (bicyclic) bond motifs is 1. The maximum absolute atomic E-state index is 12.9. The van der Waals surface area contributed by atoms with Gasteiger partial charge in [-0.2, -0.15) is 12.7 Å². The van der Waals surface area contributed by atoms with Crippen LogP contribution in [0.4, 0.5) is 3.89 Å². The van der Waals surface area contributed by atoms with Gasteiger partial charge in [-0.3, -0.25) is 0 Å². The average Bonchev–Trinajstić information content (AvgIpc) is 2.46. The first-order chi connectivity index (χ1) is 9.54. The molecule has 1 aromatic carbocycles. The van der Waals surface area contributed by atoms with E-state index in [9.17, 15) is 12.3 Å². The molecule has 0 unspecified atom stereocenters. The van der Waals surface area contributed by atoms with Gasteiger partial charge >= 0.3 is 10.4 Å². The van der Waals surface area contributed by atoms with E-state index in [4.69, 9.17) is 9.47 Å². The van der Waals surface area contributed by atoms with Crippen molar-refractivity contribution in [3.63, 3.8) is 0 Å².